The van der Waals surface area contributed by atoms with E-state index in [-0.39, 0.29) is 0 Å². The van der Waals surface area contributed by atoms with E-state index in [2.05, 4.69) is 11.9 Å². The number of hydrogen-bond acceptors (Lipinski definition) is 4. The summed E-state index contributed by atoms with van der Waals surface area (Å²) in [5.41, 5.74) is 0.647. The molecule has 0 saturated heterocycles. The standard InChI is InChI=1S/C12H17NO2S2/c1-7-4-3-5-9(6-7)16-12-13-8(2)10(17-12)11(14)15/h7,9H,3-6H2,1-2H3,(H,14,15). The number of hydrogen-bond donors (Lipinski definition) is 1. The molecule has 94 valence electrons. The van der Waals surface area contributed by atoms with Gasteiger partial charge in [0.25, 0.3) is 0 Å². The molecule has 1 fully saturated rings. The Morgan fingerprint density at radius 1 is 1.53 bits per heavy atom. The van der Waals surface area contributed by atoms with Gasteiger partial charge in [0.2, 0.25) is 0 Å². The molecule has 1 saturated carbocycles. The lowest BCUT2D eigenvalue weighted by molar-refractivity contribution is 0.0701. The maximum absolute atomic E-state index is 10.9. The van der Waals surface area contributed by atoms with Crippen LogP contribution in [0.2, 0.25) is 0 Å². The van der Waals surface area contributed by atoms with Crippen LogP contribution in [0, 0.1) is 12.8 Å². The Morgan fingerprint density at radius 3 is 2.88 bits per heavy atom. The first-order chi connectivity index (χ1) is 8.06. The smallest absolute Gasteiger partial charge is 0.347 e. The molecule has 1 aliphatic rings. The van der Waals surface area contributed by atoms with Crippen molar-refractivity contribution < 1.29 is 9.90 Å². The van der Waals surface area contributed by atoms with E-state index in [4.69, 9.17) is 5.11 Å². The quantitative estimate of drug-likeness (QED) is 0.908. The summed E-state index contributed by atoms with van der Waals surface area (Å²) in [6.45, 7) is 4.07. The van der Waals surface area contributed by atoms with Gasteiger partial charge in [-0.3, -0.25) is 0 Å². The fourth-order valence-corrected chi connectivity index (χ4v) is 4.92. The SMILES string of the molecule is Cc1nc(SC2CCCC(C)C2)sc1C(=O)O. The number of nitrogens with zero attached hydrogens (tertiary/aromatic N) is 1. The number of rotatable bonds is 3. The summed E-state index contributed by atoms with van der Waals surface area (Å²) in [6.07, 6.45) is 5.07. The Bertz CT molecular complexity index is 417. The third-order valence-electron chi connectivity index (χ3n) is 3.13. The van der Waals surface area contributed by atoms with E-state index in [0.29, 0.717) is 15.8 Å². The fourth-order valence-electron chi connectivity index (χ4n) is 2.25. The monoisotopic (exact) mass is 271 g/mol. The second-order valence-electron chi connectivity index (χ2n) is 4.71. The molecular formula is C12H17NO2S2. The summed E-state index contributed by atoms with van der Waals surface area (Å²) in [6, 6.07) is 0. The average Bonchev–Trinajstić information content (AvgIpc) is 2.59. The Balaban J connectivity index is 2.03. The number of aromatic nitrogens is 1. The van der Waals surface area contributed by atoms with Gasteiger partial charge in [-0.25, -0.2) is 9.78 Å². The molecule has 2 unspecified atom stereocenters. The van der Waals surface area contributed by atoms with Crippen molar-refractivity contribution in [2.75, 3.05) is 0 Å². The molecule has 0 amide bonds. The fraction of sp³-hybridized carbons (Fsp3) is 0.667. The molecule has 3 nitrogen and oxygen atoms in total. The molecule has 1 heterocycles. The van der Waals surface area contributed by atoms with Crippen molar-refractivity contribution in [3.8, 4) is 0 Å². The van der Waals surface area contributed by atoms with Crippen molar-refractivity contribution in [1.29, 1.82) is 0 Å². The molecular weight excluding hydrogens is 254 g/mol. The lowest BCUT2D eigenvalue weighted by Crippen LogP contribution is -2.14. The van der Waals surface area contributed by atoms with Gasteiger partial charge in [0.15, 0.2) is 4.34 Å². The Kier molecular flexibility index (Phi) is 4.09. The van der Waals surface area contributed by atoms with Crippen molar-refractivity contribution in [3.63, 3.8) is 0 Å². The summed E-state index contributed by atoms with van der Waals surface area (Å²) in [7, 11) is 0. The largest absolute Gasteiger partial charge is 0.477 e. The van der Waals surface area contributed by atoms with Crippen LogP contribution in [0.4, 0.5) is 0 Å². The maximum Gasteiger partial charge on any atom is 0.347 e. The number of carboxylic acid groups (broad SMARTS) is 1. The summed E-state index contributed by atoms with van der Waals surface area (Å²) in [5.74, 6) is -0.0647. The van der Waals surface area contributed by atoms with Gasteiger partial charge in [-0.2, -0.15) is 0 Å². The van der Waals surface area contributed by atoms with E-state index in [1.807, 2.05) is 0 Å². The van der Waals surface area contributed by atoms with Crippen LogP contribution in [-0.4, -0.2) is 21.3 Å². The maximum atomic E-state index is 10.9. The Hall–Kier alpha value is -0.550. The molecule has 2 atom stereocenters. The van der Waals surface area contributed by atoms with Gasteiger partial charge < -0.3 is 5.11 Å². The van der Waals surface area contributed by atoms with Crippen molar-refractivity contribution >= 4 is 29.1 Å². The van der Waals surface area contributed by atoms with Crippen LogP contribution < -0.4 is 0 Å². The normalized spacial score (nSPS) is 24.8. The molecule has 0 radical (unpaired) electrons. The minimum Gasteiger partial charge on any atom is -0.477 e. The van der Waals surface area contributed by atoms with Gasteiger partial charge in [0.05, 0.1) is 5.69 Å². The van der Waals surface area contributed by atoms with E-state index < -0.39 is 5.97 Å². The summed E-state index contributed by atoms with van der Waals surface area (Å²) in [4.78, 5) is 15.7. The topological polar surface area (TPSA) is 50.2 Å². The van der Waals surface area contributed by atoms with Gasteiger partial charge in [-0.15, -0.1) is 11.3 Å². The number of carboxylic acids is 1. The summed E-state index contributed by atoms with van der Waals surface area (Å²) < 4.78 is 0.916. The highest BCUT2D eigenvalue weighted by Crippen LogP contribution is 2.38. The van der Waals surface area contributed by atoms with E-state index in [0.717, 1.165) is 10.3 Å². The van der Waals surface area contributed by atoms with Crippen LogP contribution in [0.25, 0.3) is 0 Å². The van der Waals surface area contributed by atoms with Crippen molar-refractivity contribution in [2.45, 2.75) is 49.1 Å². The first-order valence-electron chi connectivity index (χ1n) is 5.93. The van der Waals surface area contributed by atoms with Crippen molar-refractivity contribution in [2.24, 2.45) is 5.92 Å². The molecule has 0 aromatic carbocycles. The molecule has 0 bridgehead atoms. The first-order valence-corrected chi connectivity index (χ1v) is 7.63. The predicted octanol–water partition coefficient (Wildman–Crippen LogP) is 3.82. The average molecular weight is 271 g/mol. The van der Waals surface area contributed by atoms with Gasteiger partial charge in [0.1, 0.15) is 4.88 Å². The number of carbonyl (C=O) groups is 1. The van der Waals surface area contributed by atoms with E-state index in [9.17, 15) is 4.79 Å². The van der Waals surface area contributed by atoms with Crippen molar-refractivity contribution in [3.05, 3.63) is 10.6 Å². The van der Waals surface area contributed by atoms with Crippen LogP contribution in [-0.2, 0) is 0 Å². The van der Waals surface area contributed by atoms with Crippen LogP contribution >= 0.6 is 23.1 Å². The third-order valence-corrected chi connectivity index (χ3v) is 5.66. The predicted molar refractivity (Wildman–Crippen MR) is 71.1 cm³/mol. The molecule has 5 heteroatoms. The molecule has 1 aromatic heterocycles. The zero-order valence-corrected chi connectivity index (χ0v) is 11.7. The van der Waals surface area contributed by atoms with E-state index >= 15 is 0 Å². The minimum absolute atomic E-state index is 0.386. The Morgan fingerprint density at radius 2 is 2.29 bits per heavy atom. The minimum atomic E-state index is -0.858. The zero-order chi connectivity index (χ0) is 12.4. The van der Waals surface area contributed by atoms with Crippen molar-refractivity contribution in [1.82, 2.24) is 4.98 Å². The number of thioether (sulfide) groups is 1. The highest BCUT2D eigenvalue weighted by molar-refractivity contribution is 8.01. The van der Waals surface area contributed by atoms with E-state index in [1.54, 1.807) is 18.7 Å². The van der Waals surface area contributed by atoms with Crippen LogP contribution in [0.5, 0.6) is 0 Å². The molecule has 1 aromatic rings. The van der Waals surface area contributed by atoms with Gasteiger partial charge >= 0.3 is 5.97 Å². The zero-order valence-electron chi connectivity index (χ0n) is 10.1. The molecule has 17 heavy (non-hydrogen) atoms. The molecule has 1 N–H and O–H groups in total. The van der Waals surface area contributed by atoms with E-state index in [1.165, 1.54) is 37.0 Å². The summed E-state index contributed by atoms with van der Waals surface area (Å²) >= 11 is 3.08. The number of thiazole rings is 1. The highest BCUT2D eigenvalue weighted by atomic mass is 32.2. The highest BCUT2D eigenvalue weighted by Gasteiger charge is 2.22. The first kappa shape index (κ1) is 12.9. The third kappa shape index (κ3) is 3.22. The van der Waals surface area contributed by atoms with Gasteiger partial charge in [-0.05, 0) is 25.7 Å². The number of aryl methyl sites for hydroxylation is 1. The van der Waals surface area contributed by atoms with Crippen LogP contribution in [0.3, 0.4) is 0 Å². The lowest BCUT2D eigenvalue weighted by atomic mass is 9.91. The second kappa shape index (κ2) is 5.40. The second-order valence-corrected chi connectivity index (χ2v) is 7.26. The molecule has 2 rings (SSSR count). The molecule has 0 aliphatic heterocycles. The Labute approximate surface area is 110 Å². The molecule has 0 spiro atoms. The summed E-state index contributed by atoms with van der Waals surface area (Å²) in [5, 5.41) is 9.60. The van der Waals surface area contributed by atoms with Gasteiger partial charge in [-0.1, -0.05) is 31.5 Å². The van der Waals surface area contributed by atoms with Crippen LogP contribution in [0.1, 0.15) is 48.0 Å². The molecule has 1 aliphatic carbocycles. The number of aromatic carboxylic acids is 1. The lowest BCUT2D eigenvalue weighted by Gasteiger charge is -2.25. The van der Waals surface area contributed by atoms with Crippen LogP contribution in [0.15, 0.2) is 4.34 Å². The van der Waals surface area contributed by atoms with Gasteiger partial charge in [0, 0.05) is 5.25 Å².